The van der Waals surface area contributed by atoms with Gasteiger partial charge in [0.2, 0.25) is 0 Å². The number of benzene rings is 1. The first-order valence-corrected chi connectivity index (χ1v) is 8.20. The summed E-state index contributed by atoms with van der Waals surface area (Å²) in [5.74, 6) is 0.840. The molecule has 1 aliphatic rings. The van der Waals surface area contributed by atoms with Crippen molar-refractivity contribution in [2.75, 3.05) is 18.6 Å². The molecular weight excluding hydrogens is 246 g/mol. The highest BCUT2D eigenvalue weighted by molar-refractivity contribution is 7.91. The van der Waals surface area contributed by atoms with Gasteiger partial charge in [-0.05, 0) is 49.9 Å². The van der Waals surface area contributed by atoms with Crippen molar-refractivity contribution in [3.05, 3.63) is 34.9 Å². The summed E-state index contributed by atoms with van der Waals surface area (Å²) in [7, 11) is -0.907. The Hall–Kier alpha value is -0.870. The zero-order valence-electron chi connectivity index (χ0n) is 11.2. The predicted molar refractivity (Wildman–Crippen MR) is 74.5 cm³/mol. The molecule has 1 fully saturated rings. The number of hydrogen-bond donors (Lipinski definition) is 1. The van der Waals surface area contributed by atoms with E-state index in [1.165, 1.54) is 16.7 Å². The van der Waals surface area contributed by atoms with E-state index in [0.29, 0.717) is 11.5 Å². The van der Waals surface area contributed by atoms with Crippen molar-refractivity contribution in [3.63, 3.8) is 0 Å². The molecule has 0 radical (unpaired) electrons. The van der Waals surface area contributed by atoms with Gasteiger partial charge in [-0.3, -0.25) is 0 Å². The molecule has 2 unspecified atom stereocenters. The first-order chi connectivity index (χ1) is 8.44. The summed E-state index contributed by atoms with van der Waals surface area (Å²) in [6, 6.07) is 6.39. The van der Waals surface area contributed by atoms with Crippen LogP contribution in [0.2, 0.25) is 0 Å². The highest BCUT2D eigenvalue weighted by Crippen LogP contribution is 2.33. The van der Waals surface area contributed by atoms with Gasteiger partial charge in [0.25, 0.3) is 0 Å². The zero-order chi connectivity index (χ0) is 13.3. The van der Waals surface area contributed by atoms with Crippen LogP contribution in [0.25, 0.3) is 0 Å². The van der Waals surface area contributed by atoms with Crippen molar-refractivity contribution in [1.29, 1.82) is 0 Å². The summed E-state index contributed by atoms with van der Waals surface area (Å²) < 4.78 is 23.2. The zero-order valence-corrected chi connectivity index (χ0v) is 12.0. The second kappa shape index (κ2) is 5.02. The molecule has 1 aromatic carbocycles. The number of sulfone groups is 1. The second-order valence-corrected chi connectivity index (χ2v) is 7.45. The summed E-state index contributed by atoms with van der Waals surface area (Å²) in [5, 5.41) is 3.30. The van der Waals surface area contributed by atoms with E-state index in [0.717, 1.165) is 6.42 Å². The molecule has 18 heavy (non-hydrogen) atoms. The first kappa shape index (κ1) is 13.6. The fraction of sp³-hybridized carbons (Fsp3) is 0.571. The number of aryl methyl sites for hydroxylation is 1. The Morgan fingerprint density at radius 3 is 2.61 bits per heavy atom. The van der Waals surface area contributed by atoms with Crippen molar-refractivity contribution in [2.45, 2.75) is 26.3 Å². The molecule has 2 rings (SSSR count). The highest BCUT2D eigenvalue weighted by Gasteiger charge is 2.34. The Morgan fingerprint density at radius 1 is 1.33 bits per heavy atom. The van der Waals surface area contributed by atoms with Gasteiger partial charge in [0.05, 0.1) is 11.5 Å². The smallest absolute Gasteiger partial charge is 0.150 e. The van der Waals surface area contributed by atoms with Gasteiger partial charge < -0.3 is 5.32 Å². The Balaban J connectivity index is 2.32. The average Bonchev–Trinajstić information content (AvgIpc) is 2.66. The molecule has 1 aromatic rings. The molecule has 0 aliphatic carbocycles. The third kappa shape index (κ3) is 2.59. The normalized spacial score (nSPS) is 24.1. The third-order valence-corrected chi connectivity index (χ3v) is 5.83. The van der Waals surface area contributed by atoms with E-state index in [4.69, 9.17) is 0 Å². The molecule has 0 spiro atoms. The Morgan fingerprint density at radius 2 is 2.06 bits per heavy atom. The van der Waals surface area contributed by atoms with Crippen LogP contribution >= 0.6 is 0 Å². The molecule has 4 heteroatoms. The van der Waals surface area contributed by atoms with Crippen LogP contribution in [0, 0.1) is 19.8 Å². The lowest BCUT2D eigenvalue weighted by molar-refractivity contribution is 0.417. The second-order valence-electron chi connectivity index (χ2n) is 5.22. The number of hydrogen-bond acceptors (Lipinski definition) is 3. The van der Waals surface area contributed by atoms with Gasteiger partial charge in [0.15, 0.2) is 9.84 Å². The number of rotatable bonds is 3. The van der Waals surface area contributed by atoms with Crippen LogP contribution < -0.4 is 5.32 Å². The Kier molecular flexibility index (Phi) is 3.78. The molecule has 100 valence electrons. The minimum absolute atomic E-state index is 0.141. The van der Waals surface area contributed by atoms with Gasteiger partial charge in [-0.1, -0.05) is 18.2 Å². The molecular formula is C14H21NO2S. The van der Waals surface area contributed by atoms with E-state index >= 15 is 0 Å². The molecule has 3 nitrogen and oxygen atoms in total. The van der Waals surface area contributed by atoms with E-state index < -0.39 is 9.84 Å². The van der Waals surface area contributed by atoms with Gasteiger partial charge in [0, 0.05) is 6.04 Å². The summed E-state index contributed by atoms with van der Waals surface area (Å²) in [6.07, 6.45) is 0.765. The maximum Gasteiger partial charge on any atom is 0.150 e. The van der Waals surface area contributed by atoms with E-state index in [1.807, 2.05) is 13.1 Å². The molecule has 0 amide bonds. The van der Waals surface area contributed by atoms with Crippen LogP contribution in [0.5, 0.6) is 0 Å². The predicted octanol–water partition coefficient (Wildman–Crippen LogP) is 2.00. The molecule has 1 heterocycles. The molecule has 2 atom stereocenters. The Bertz CT molecular complexity index is 537. The molecule has 1 N–H and O–H groups in total. The minimum atomic E-state index is -2.82. The summed E-state index contributed by atoms with van der Waals surface area (Å²) in [6.45, 7) is 4.20. The molecule has 0 bridgehead atoms. The van der Waals surface area contributed by atoms with Crippen molar-refractivity contribution >= 4 is 9.84 Å². The maximum atomic E-state index is 11.6. The van der Waals surface area contributed by atoms with Crippen LogP contribution in [0.3, 0.4) is 0 Å². The van der Waals surface area contributed by atoms with E-state index in [2.05, 4.69) is 31.3 Å². The van der Waals surface area contributed by atoms with E-state index in [1.54, 1.807) is 0 Å². The van der Waals surface area contributed by atoms with Crippen LogP contribution in [0.15, 0.2) is 18.2 Å². The standard InChI is InChI=1S/C14H21NO2S/c1-10-5-4-6-13(11(10)2)14(15-3)12-7-8-18(16,17)9-12/h4-6,12,14-15H,7-9H2,1-3H3. The fourth-order valence-electron chi connectivity index (χ4n) is 2.84. The monoisotopic (exact) mass is 267 g/mol. The average molecular weight is 267 g/mol. The van der Waals surface area contributed by atoms with Gasteiger partial charge >= 0.3 is 0 Å². The molecule has 1 saturated heterocycles. The number of nitrogens with one attached hydrogen (secondary N) is 1. The maximum absolute atomic E-state index is 11.6. The third-order valence-electron chi connectivity index (χ3n) is 4.03. The fourth-order valence-corrected chi connectivity index (χ4v) is 4.68. The van der Waals surface area contributed by atoms with Crippen molar-refractivity contribution < 1.29 is 8.42 Å². The topological polar surface area (TPSA) is 46.2 Å². The molecule has 0 aromatic heterocycles. The lowest BCUT2D eigenvalue weighted by atomic mass is 9.88. The van der Waals surface area contributed by atoms with Crippen LogP contribution in [0.4, 0.5) is 0 Å². The summed E-state index contributed by atoms with van der Waals surface area (Å²) in [5.41, 5.74) is 3.76. The van der Waals surface area contributed by atoms with Gasteiger partial charge in [-0.2, -0.15) is 0 Å². The quantitative estimate of drug-likeness (QED) is 0.911. The van der Waals surface area contributed by atoms with Gasteiger partial charge in [-0.25, -0.2) is 8.42 Å². The van der Waals surface area contributed by atoms with Crippen molar-refractivity contribution in [1.82, 2.24) is 5.32 Å². The first-order valence-electron chi connectivity index (χ1n) is 6.38. The molecule has 0 saturated carbocycles. The lowest BCUT2D eigenvalue weighted by Crippen LogP contribution is -2.27. The van der Waals surface area contributed by atoms with Crippen LogP contribution in [-0.2, 0) is 9.84 Å². The van der Waals surface area contributed by atoms with Crippen molar-refractivity contribution in [2.24, 2.45) is 5.92 Å². The van der Waals surface area contributed by atoms with E-state index in [-0.39, 0.29) is 12.0 Å². The van der Waals surface area contributed by atoms with Gasteiger partial charge in [0.1, 0.15) is 0 Å². The SMILES string of the molecule is CNC(c1cccc(C)c1C)C1CCS(=O)(=O)C1. The molecule has 1 aliphatic heterocycles. The minimum Gasteiger partial charge on any atom is -0.313 e. The van der Waals surface area contributed by atoms with Crippen LogP contribution in [0.1, 0.15) is 29.2 Å². The van der Waals surface area contributed by atoms with Gasteiger partial charge in [-0.15, -0.1) is 0 Å². The van der Waals surface area contributed by atoms with Crippen molar-refractivity contribution in [3.8, 4) is 0 Å². The summed E-state index contributed by atoms with van der Waals surface area (Å²) in [4.78, 5) is 0. The van der Waals surface area contributed by atoms with E-state index in [9.17, 15) is 8.42 Å². The Labute approximate surface area is 110 Å². The summed E-state index contributed by atoms with van der Waals surface area (Å²) >= 11 is 0. The highest BCUT2D eigenvalue weighted by atomic mass is 32.2. The lowest BCUT2D eigenvalue weighted by Gasteiger charge is -2.25. The largest absolute Gasteiger partial charge is 0.313 e. The van der Waals surface area contributed by atoms with Crippen LogP contribution in [-0.4, -0.2) is 27.0 Å².